The summed E-state index contributed by atoms with van der Waals surface area (Å²) >= 11 is 0. The molecule has 41 heavy (non-hydrogen) atoms. The molecule has 1 atom stereocenters. The van der Waals surface area contributed by atoms with E-state index in [-0.39, 0.29) is 36.0 Å². The monoisotopic (exact) mass is 558 g/mol. The minimum Gasteiger partial charge on any atom is -0.496 e. The molecule has 0 bridgehead atoms. The first kappa shape index (κ1) is 28.7. The Hall–Kier alpha value is -3.81. The van der Waals surface area contributed by atoms with Gasteiger partial charge in [-0.05, 0) is 61.8 Å². The van der Waals surface area contributed by atoms with Crippen molar-refractivity contribution in [2.75, 3.05) is 7.11 Å². The molecule has 0 radical (unpaired) electrons. The van der Waals surface area contributed by atoms with Gasteiger partial charge in [0.05, 0.1) is 18.4 Å². The number of rotatable bonds is 13. The van der Waals surface area contributed by atoms with Crippen LogP contribution in [0.15, 0.2) is 54.6 Å². The second kappa shape index (κ2) is 14.2. The maximum atomic E-state index is 13.4. The number of methoxy groups -OCH3 is 1. The number of hydrogen-bond acceptors (Lipinski definition) is 5. The van der Waals surface area contributed by atoms with Crippen LogP contribution in [0.25, 0.3) is 11.3 Å². The van der Waals surface area contributed by atoms with Gasteiger partial charge in [0.15, 0.2) is 5.69 Å². The van der Waals surface area contributed by atoms with E-state index in [2.05, 4.69) is 20.8 Å². The lowest BCUT2D eigenvalue weighted by atomic mass is 9.85. The van der Waals surface area contributed by atoms with Crippen molar-refractivity contribution >= 4 is 11.8 Å². The van der Waals surface area contributed by atoms with E-state index in [1.807, 2.05) is 48.5 Å². The molecule has 3 aromatic rings. The van der Waals surface area contributed by atoms with Crippen molar-refractivity contribution < 1.29 is 19.1 Å². The molecule has 0 unspecified atom stereocenters. The standard InChI is InChI=1S/C33H42N4O4/c1-40-29-16-9-17-30(41-22-24-12-6-3-7-13-24)32(29)27-21-28(37-36-27)33(39)35-26(19-18-23-10-4-2-5-11-23)20-31(38)34-25-14-8-15-25/h3,6-7,9,12-13,16-17,21,23,25-26H,2,4-5,8,10-11,14-15,18-20,22H2,1H3,(H,34,38)(H,35,39)(H,36,37)/t26-/m0/s1. The molecule has 8 heteroatoms. The van der Waals surface area contributed by atoms with Gasteiger partial charge in [-0.2, -0.15) is 5.10 Å². The molecule has 2 saturated carbocycles. The number of benzene rings is 2. The maximum Gasteiger partial charge on any atom is 0.272 e. The molecule has 8 nitrogen and oxygen atoms in total. The van der Waals surface area contributed by atoms with Crippen molar-refractivity contribution in [1.29, 1.82) is 0 Å². The Morgan fingerprint density at radius 3 is 2.49 bits per heavy atom. The molecule has 3 N–H and O–H groups in total. The predicted molar refractivity (Wildman–Crippen MR) is 159 cm³/mol. The predicted octanol–water partition coefficient (Wildman–Crippen LogP) is 6.18. The summed E-state index contributed by atoms with van der Waals surface area (Å²) in [6, 6.07) is 17.3. The number of aromatic nitrogens is 2. The van der Waals surface area contributed by atoms with Crippen LogP contribution in [0.3, 0.4) is 0 Å². The normalized spacial score (nSPS) is 16.4. The number of nitrogens with zero attached hydrogens (tertiary/aromatic N) is 1. The van der Waals surface area contributed by atoms with Crippen molar-refractivity contribution in [2.24, 2.45) is 5.92 Å². The minimum atomic E-state index is -0.292. The van der Waals surface area contributed by atoms with Gasteiger partial charge in [0.1, 0.15) is 18.1 Å². The van der Waals surface area contributed by atoms with Gasteiger partial charge in [-0.15, -0.1) is 0 Å². The van der Waals surface area contributed by atoms with Crippen molar-refractivity contribution in [2.45, 2.75) is 89.3 Å². The molecule has 0 aliphatic heterocycles. The second-order valence-corrected chi connectivity index (χ2v) is 11.4. The Bertz CT molecular complexity index is 1280. The Kier molecular flexibility index (Phi) is 9.94. The first-order valence-electron chi connectivity index (χ1n) is 15.1. The SMILES string of the molecule is COc1cccc(OCc2ccccc2)c1-c1cc(C(=O)N[C@@H](CCC2CCCCC2)CC(=O)NC2CCC2)n[nH]1. The number of amides is 2. The van der Waals surface area contributed by atoms with Gasteiger partial charge in [0, 0.05) is 18.5 Å². The van der Waals surface area contributed by atoms with Gasteiger partial charge in [-0.1, -0.05) is 68.5 Å². The molecule has 2 aromatic carbocycles. The first-order valence-corrected chi connectivity index (χ1v) is 15.1. The third kappa shape index (κ3) is 7.90. The number of ether oxygens (including phenoxy) is 2. The topological polar surface area (TPSA) is 105 Å². The van der Waals surface area contributed by atoms with E-state index in [4.69, 9.17) is 9.47 Å². The molecule has 2 fully saturated rings. The van der Waals surface area contributed by atoms with Gasteiger partial charge < -0.3 is 20.1 Å². The first-order chi connectivity index (χ1) is 20.1. The molecular formula is C33H42N4O4. The zero-order valence-electron chi connectivity index (χ0n) is 24.0. The van der Waals surface area contributed by atoms with E-state index in [1.165, 1.54) is 38.5 Å². The van der Waals surface area contributed by atoms with Crippen molar-refractivity contribution in [1.82, 2.24) is 20.8 Å². The van der Waals surface area contributed by atoms with Crippen LogP contribution in [0.2, 0.25) is 0 Å². The summed E-state index contributed by atoms with van der Waals surface area (Å²) in [6.45, 7) is 0.397. The molecule has 218 valence electrons. The van der Waals surface area contributed by atoms with Gasteiger partial charge in [-0.25, -0.2) is 0 Å². The highest BCUT2D eigenvalue weighted by Crippen LogP contribution is 2.38. The van der Waals surface area contributed by atoms with Gasteiger partial charge >= 0.3 is 0 Å². The molecule has 2 aliphatic carbocycles. The number of H-pyrrole nitrogens is 1. The lowest BCUT2D eigenvalue weighted by molar-refractivity contribution is -0.122. The van der Waals surface area contributed by atoms with E-state index in [0.717, 1.165) is 31.2 Å². The Balaban J connectivity index is 1.28. The second-order valence-electron chi connectivity index (χ2n) is 11.4. The van der Waals surface area contributed by atoms with Crippen LogP contribution in [0, 0.1) is 5.92 Å². The Labute approximate surface area is 242 Å². The molecular weight excluding hydrogens is 516 g/mol. The van der Waals surface area contributed by atoms with Crippen LogP contribution in [0.5, 0.6) is 11.5 Å². The molecule has 0 spiro atoms. The van der Waals surface area contributed by atoms with Gasteiger partial charge in [0.2, 0.25) is 5.91 Å². The fraction of sp³-hybridized carbons (Fsp3) is 0.485. The summed E-state index contributed by atoms with van der Waals surface area (Å²) in [4.78, 5) is 26.2. The lowest BCUT2D eigenvalue weighted by Crippen LogP contribution is -2.44. The van der Waals surface area contributed by atoms with E-state index in [0.29, 0.717) is 35.3 Å². The third-order valence-corrected chi connectivity index (χ3v) is 8.41. The average Bonchev–Trinajstić information content (AvgIpc) is 3.48. The average molecular weight is 559 g/mol. The van der Waals surface area contributed by atoms with Gasteiger partial charge in [-0.3, -0.25) is 14.7 Å². The molecule has 2 amide bonds. The molecule has 1 heterocycles. The smallest absolute Gasteiger partial charge is 0.272 e. The summed E-state index contributed by atoms with van der Waals surface area (Å²) in [7, 11) is 1.61. The van der Waals surface area contributed by atoms with Crippen molar-refractivity contribution in [3.05, 3.63) is 65.9 Å². The quantitative estimate of drug-likeness (QED) is 0.232. The number of aromatic amines is 1. The summed E-state index contributed by atoms with van der Waals surface area (Å²) < 4.78 is 11.8. The van der Waals surface area contributed by atoms with Crippen LogP contribution in [0.4, 0.5) is 0 Å². The van der Waals surface area contributed by atoms with E-state index < -0.39 is 0 Å². The van der Waals surface area contributed by atoms with Crippen LogP contribution in [-0.4, -0.2) is 41.2 Å². The summed E-state index contributed by atoms with van der Waals surface area (Å²) in [5.41, 5.74) is 2.64. The van der Waals surface area contributed by atoms with Crippen LogP contribution >= 0.6 is 0 Å². The maximum absolute atomic E-state index is 13.4. The van der Waals surface area contributed by atoms with Crippen LogP contribution in [0.1, 0.15) is 86.7 Å². The van der Waals surface area contributed by atoms with Crippen molar-refractivity contribution in [3.8, 4) is 22.8 Å². The highest BCUT2D eigenvalue weighted by Gasteiger charge is 2.25. The minimum absolute atomic E-state index is 0.0144. The van der Waals surface area contributed by atoms with E-state index >= 15 is 0 Å². The van der Waals surface area contributed by atoms with E-state index in [9.17, 15) is 9.59 Å². The highest BCUT2D eigenvalue weighted by molar-refractivity contribution is 5.94. The third-order valence-electron chi connectivity index (χ3n) is 8.41. The zero-order chi connectivity index (χ0) is 28.4. The fourth-order valence-corrected chi connectivity index (χ4v) is 5.83. The number of nitrogens with one attached hydrogen (secondary N) is 3. The van der Waals surface area contributed by atoms with Crippen LogP contribution < -0.4 is 20.1 Å². The lowest BCUT2D eigenvalue weighted by Gasteiger charge is -2.28. The number of carbonyl (C=O) groups excluding carboxylic acids is 2. The Morgan fingerprint density at radius 1 is 0.976 bits per heavy atom. The number of carbonyl (C=O) groups is 2. The highest BCUT2D eigenvalue weighted by atomic mass is 16.5. The van der Waals surface area contributed by atoms with Crippen molar-refractivity contribution in [3.63, 3.8) is 0 Å². The van der Waals surface area contributed by atoms with Crippen LogP contribution in [-0.2, 0) is 11.4 Å². The molecule has 5 rings (SSSR count). The summed E-state index contributed by atoms with van der Waals surface area (Å²) in [6.07, 6.45) is 11.7. The van der Waals surface area contributed by atoms with Gasteiger partial charge in [0.25, 0.3) is 5.91 Å². The summed E-state index contributed by atoms with van der Waals surface area (Å²) in [5, 5.41) is 13.6. The molecule has 1 aromatic heterocycles. The van der Waals surface area contributed by atoms with E-state index in [1.54, 1.807) is 13.2 Å². The zero-order valence-corrected chi connectivity index (χ0v) is 24.0. The molecule has 2 aliphatic rings. The number of hydrogen-bond donors (Lipinski definition) is 3. The Morgan fingerprint density at radius 2 is 1.76 bits per heavy atom. The fourth-order valence-electron chi connectivity index (χ4n) is 5.83. The largest absolute Gasteiger partial charge is 0.496 e. The molecule has 0 saturated heterocycles. The summed E-state index contributed by atoms with van der Waals surface area (Å²) in [5.74, 6) is 1.64.